The summed E-state index contributed by atoms with van der Waals surface area (Å²) in [5, 5.41) is 3.47. The molecule has 21 heavy (non-hydrogen) atoms. The van der Waals surface area contributed by atoms with Crippen LogP contribution in [-0.4, -0.2) is 26.8 Å². The van der Waals surface area contributed by atoms with Crippen LogP contribution in [0.15, 0.2) is 48.5 Å². The molecule has 0 aromatic heterocycles. The van der Waals surface area contributed by atoms with E-state index in [2.05, 4.69) is 29.6 Å². The van der Waals surface area contributed by atoms with Gasteiger partial charge >= 0.3 is 0 Å². The number of benzene rings is 2. The summed E-state index contributed by atoms with van der Waals surface area (Å²) >= 11 is 0. The predicted molar refractivity (Wildman–Crippen MR) is 84.2 cm³/mol. The number of methoxy groups -OCH3 is 1. The molecule has 1 atom stereocenters. The van der Waals surface area contributed by atoms with Crippen LogP contribution >= 0.6 is 0 Å². The summed E-state index contributed by atoms with van der Waals surface area (Å²) in [5.74, 6) is 2.40. The van der Waals surface area contributed by atoms with Gasteiger partial charge in [-0.3, -0.25) is 0 Å². The summed E-state index contributed by atoms with van der Waals surface area (Å²) in [5.41, 5.74) is 3.00. The zero-order valence-corrected chi connectivity index (χ0v) is 12.3. The summed E-state index contributed by atoms with van der Waals surface area (Å²) in [7, 11) is 1.67. The molecule has 110 valence electrons. The predicted octanol–water partition coefficient (Wildman–Crippen LogP) is 3.00. The Morgan fingerprint density at radius 3 is 2.57 bits per heavy atom. The first-order chi connectivity index (χ1) is 10.4. The standard InChI is InChI=1S/C18H21NO2/c1-20-16-6-8-17(9-7-16)21-11-10-19-13-15-12-14-4-2-3-5-18(14)15/h2-9,15,19H,10-13H2,1H3. The molecular formula is C18H21NO2. The largest absolute Gasteiger partial charge is 0.497 e. The van der Waals surface area contributed by atoms with E-state index in [1.807, 2.05) is 24.3 Å². The van der Waals surface area contributed by atoms with Crippen LogP contribution in [0, 0.1) is 0 Å². The minimum absolute atomic E-state index is 0.669. The fourth-order valence-corrected chi connectivity index (χ4v) is 2.73. The van der Waals surface area contributed by atoms with Gasteiger partial charge in [0.2, 0.25) is 0 Å². The number of hydrogen-bond donors (Lipinski definition) is 1. The third-order valence-electron chi connectivity index (χ3n) is 3.96. The molecule has 0 spiro atoms. The van der Waals surface area contributed by atoms with Gasteiger partial charge in [-0.1, -0.05) is 24.3 Å². The molecule has 3 rings (SSSR count). The topological polar surface area (TPSA) is 30.5 Å². The molecule has 3 nitrogen and oxygen atoms in total. The summed E-state index contributed by atoms with van der Waals surface area (Å²) in [6, 6.07) is 16.4. The molecule has 3 heteroatoms. The first kappa shape index (κ1) is 14.0. The third kappa shape index (κ3) is 3.37. The molecule has 0 saturated carbocycles. The maximum absolute atomic E-state index is 5.69. The average molecular weight is 283 g/mol. The molecule has 0 amide bonds. The molecule has 1 aliphatic carbocycles. The average Bonchev–Trinajstić information content (AvgIpc) is 2.51. The number of ether oxygens (including phenoxy) is 2. The summed E-state index contributed by atoms with van der Waals surface area (Å²) < 4.78 is 10.8. The van der Waals surface area contributed by atoms with Crippen molar-refractivity contribution in [2.75, 3.05) is 26.8 Å². The first-order valence-electron chi connectivity index (χ1n) is 7.42. The molecule has 2 aromatic rings. The third-order valence-corrected chi connectivity index (χ3v) is 3.96. The second-order valence-corrected chi connectivity index (χ2v) is 5.33. The summed E-state index contributed by atoms with van der Waals surface area (Å²) in [4.78, 5) is 0. The molecule has 0 bridgehead atoms. The highest BCUT2D eigenvalue weighted by Crippen LogP contribution is 2.33. The molecule has 0 fully saturated rings. The van der Waals surface area contributed by atoms with E-state index in [1.165, 1.54) is 17.5 Å². The van der Waals surface area contributed by atoms with Crippen LogP contribution in [0.5, 0.6) is 11.5 Å². The van der Waals surface area contributed by atoms with Gasteiger partial charge in [-0.05, 0) is 41.8 Å². The van der Waals surface area contributed by atoms with Gasteiger partial charge in [-0.15, -0.1) is 0 Å². The van der Waals surface area contributed by atoms with Crippen LogP contribution in [0.4, 0.5) is 0 Å². The fourth-order valence-electron chi connectivity index (χ4n) is 2.73. The van der Waals surface area contributed by atoms with E-state index in [0.29, 0.717) is 12.5 Å². The number of hydrogen-bond acceptors (Lipinski definition) is 3. The maximum Gasteiger partial charge on any atom is 0.119 e. The highest BCUT2D eigenvalue weighted by Gasteiger charge is 2.24. The quantitative estimate of drug-likeness (QED) is 0.792. The zero-order chi connectivity index (χ0) is 14.5. The number of nitrogens with one attached hydrogen (secondary N) is 1. The zero-order valence-electron chi connectivity index (χ0n) is 12.3. The lowest BCUT2D eigenvalue weighted by Crippen LogP contribution is -2.31. The molecule has 0 radical (unpaired) electrons. The molecule has 1 unspecified atom stereocenters. The Morgan fingerprint density at radius 2 is 1.81 bits per heavy atom. The monoisotopic (exact) mass is 283 g/mol. The van der Waals surface area contributed by atoms with Gasteiger partial charge in [0, 0.05) is 19.0 Å². The van der Waals surface area contributed by atoms with Crippen molar-refractivity contribution < 1.29 is 9.47 Å². The molecule has 0 heterocycles. The van der Waals surface area contributed by atoms with Crippen molar-refractivity contribution in [1.82, 2.24) is 5.32 Å². The van der Waals surface area contributed by atoms with Gasteiger partial charge in [0.1, 0.15) is 18.1 Å². The molecule has 1 N–H and O–H groups in total. The Bertz CT molecular complexity index is 580. The van der Waals surface area contributed by atoms with Gasteiger partial charge < -0.3 is 14.8 Å². The van der Waals surface area contributed by atoms with Crippen molar-refractivity contribution in [2.45, 2.75) is 12.3 Å². The van der Waals surface area contributed by atoms with Gasteiger partial charge in [-0.25, -0.2) is 0 Å². The van der Waals surface area contributed by atoms with E-state index in [9.17, 15) is 0 Å². The van der Waals surface area contributed by atoms with Crippen molar-refractivity contribution in [1.29, 1.82) is 0 Å². The minimum atomic E-state index is 0.669. The molecule has 1 aliphatic rings. The highest BCUT2D eigenvalue weighted by atomic mass is 16.5. The first-order valence-corrected chi connectivity index (χ1v) is 7.42. The van der Waals surface area contributed by atoms with Gasteiger partial charge in [0.15, 0.2) is 0 Å². The second kappa shape index (κ2) is 6.64. The van der Waals surface area contributed by atoms with Crippen LogP contribution in [0.1, 0.15) is 17.0 Å². The van der Waals surface area contributed by atoms with Gasteiger partial charge in [-0.2, -0.15) is 0 Å². The lowest BCUT2D eigenvalue weighted by Gasteiger charge is -2.30. The summed E-state index contributed by atoms with van der Waals surface area (Å²) in [6.45, 7) is 2.58. The Balaban J connectivity index is 1.34. The van der Waals surface area contributed by atoms with Crippen molar-refractivity contribution in [2.24, 2.45) is 0 Å². The van der Waals surface area contributed by atoms with Crippen molar-refractivity contribution in [3.05, 3.63) is 59.7 Å². The molecule has 0 saturated heterocycles. The van der Waals surface area contributed by atoms with E-state index >= 15 is 0 Å². The van der Waals surface area contributed by atoms with Crippen molar-refractivity contribution >= 4 is 0 Å². The van der Waals surface area contributed by atoms with E-state index in [4.69, 9.17) is 9.47 Å². The maximum atomic E-state index is 5.69. The van der Waals surface area contributed by atoms with Crippen LogP contribution in [-0.2, 0) is 6.42 Å². The number of rotatable bonds is 7. The minimum Gasteiger partial charge on any atom is -0.497 e. The highest BCUT2D eigenvalue weighted by molar-refractivity contribution is 5.40. The van der Waals surface area contributed by atoms with Gasteiger partial charge in [0.25, 0.3) is 0 Å². The Morgan fingerprint density at radius 1 is 1.05 bits per heavy atom. The lowest BCUT2D eigenvalue weighted by atomic mass is 9.78. The smallest absolute Gasteiger partial charge is 0.119 e. The van der Waals surface area contributed by atoms with Crippen molar-refractivity contribution in [3.8, 4) is 11.5 Å². The van der Waals surface area contributed by atoms with E-state index in [-0.39, 0.29) is 0 Å². The van der Waals surface area contributed by atoms with E-state index in [1.54, 1.807) is 7.11 Å². The van der Waals surface area contributed by atoms with Crippen LogP contribution in [0.3, 0.4) is 0 Å². The van der Waals surface area contributed by atoms with E-state index < -0.39 is 0 Å². The van der Waals surface area contributed by atoms with Crippen LogP contribution in [0.2, 0.25) is 0 Å². The van der Waals surface area contributed by atoms with Crippen LogP contribution < -0.4 is 14.8 Å². The Hall–Kier alpha value is -2.00. The SMILES string of the molecule is COc1ccc(OCCNCC2Cc3ccccc32)cc1. The number of fused-ring (bicyclic) bond motifs is 1. The lowest BCUT2D eigenvalue weighted by molar-refractivity contribution is 0.310. The fraction of sp³-hybridized carbons (Fsp3) is 0.333. The summed E-state index contributed by atoms with van der Waals surface area (Å²) in [6.07, 6.45) is 1.20. The Labute approximate surface area is 125 Å². The van der Waals surface area contributed by atoms with Gasteiger partial charge in [0.05, 0.1) is 7.11 Å². The molecular weight excluding hydrogens is 262 g/mol. The van der Waals surface area contributed by atoms with E-state index in [0.717, 1.165) is 24.6 Å². The molecule has 2 aromatic carbocycles. The normalized spacial score (nSPS) is 16.0. The van der Waals surface area contributed by atoms with Crippen LogP contribution in [0.25, 0.3) is 0 Å². The van der Waals surface area contributed by atoms with Crippen molar-refractivity contribution in [3.63, 3.8) is 0 Å². The Kier molecular flexibility index (Phi) is 4.41. The second-order valence-electron chi connectivity index (χ2n) is 5.33. The molecule has 0 aliphatic heterocycles.